The molecular formula is C26H30N8O3. The molecule has 2 aliphatic rings. The average molecular weight is 503 g/mol. The molecule has 0 radical (unpaired) electrons. The van der Waals surface area contributed by atoms with E-state index in [2.05, 4.69) is 30.8 Å². The molecule has 2 aromatic heterocycles. The highest BCUT2D eigenvalue weighted by Crippen LogP contribution is 2.21. The number of hydrazone groups is 1. The van der Waals surface area contributed by atoms with E-state index < -0.39 is 6.23 Å². The van der Waals surface area contributed by atoms with Gasteiger partial charge in [-0.2, -0.15) is 10.2 Å². The molecule has 11 heteroatoms. The number of amides is 1. The molecule has 1 fully saturated rings. The Morgan fingerprint density at radius 1 is 1.24 bits per heavy atom. The van der Waals surface area contributed by atoms with Crippen LogP contribution >= 0.6 is 0 Å². The number of aryl methyl sites for hydroxylation is 1. The Balaban J connectivity index is 1.17. The van der Waals surface area contributed by atoms with Gasteiger partial charge in [-0.1, -0.05) is 18.2 Å². The van der Waals surface area contributed by atoms with Gasteiger partial charge in [-0.15, -0.1) is 0 Å². The Labute approximate surface area is 214 Å². The number of rotatable bonds is 9. The SMILES string of the molecule is Cn1cc(C2=NN(Cc3cccc(-c4ncc(OCCNC(=O)C5CCCN5)cn4)c3)C(O)C=C2)cn1. The summed E-state index contributed by atoms with van der Waals surface area (Å²) >= 11 is 0. The zero-order valence-corrected chi connectivity index (χ0v) is 20.6. The predicted molar refractivity (Wildman–Crippen MR) is 137 cm³/mol. The molecule has 4 heterocycles. The first kappa shape index (κ1) is 24.6. The van der Waals surface area contributed by atoms with Crippen molar-refractivity contribution < 1.29 is 14.6 Å². The van der Waals surface area contributed by atoms with E-state index in [1.54, 1.807) is 40.4 Å². The summed E-state index contributed by atoms with van der Waals surface area (Å²) in [5, 5.41) is 26.9. The van der Waals surface area contributed by atoms with Gasteiger partial charge in [0.05, 0.1) is 43.4 Å². The fourth-order valence-corrected chi connectivity index (χ4v) is 4.25. The van der Waals surface area contributed by atoms with Crippen LogP contribution in [0.5, 0.6) is 5.75 Å². The molecule has 5 rings (SSSR count). The highest BCUT2D eigenvalue weighted by molar-refractivity contribution is 6.08. The van der Waals surface area contributed by atoms with Crippen molar-refractivity contribution in [1.29, 1.82) is 0 Å². The van der Waals surface area contributed by atoms with Gasteiger partial charge in [-0.3, -0.25) is 14.5 Å². The van der Waals surface area contributed by atoms with Crippen molar-refractivity contribution in [2.75, 3.05) is 19.7 Å². The lowest BCUT2D eigenvalue weighted by Crippen LogP contribution is -2.41. The Morgan fingerprint density at radius 3 is 2.86 bits per heavy atom. The zero-order chi connectivity index (χ0) is 25.6. The number of hydrogen-bond donors (Lipinski definition) is 3. The van der Waals surface area contributed by atoms with Crippen LogP contribution in [0.25, 0.3) is 11.4 Å². The lowest BCUT2D eigenvalue weighted by molar-refractivity contribution is -0.122. The van der Waals surface area contributed by atoms with E-state index in [1.807, 2.05) is 37.5 Å². The number of aromatic nitrogens is 4. The predicted octanol–water partition coefficient (Wildman–Crippen LogP) is 1.22. The van der Waals surface area contributed by atoms with Crippen molar-refractivity contribution in [3.63, 3.8) is 0 Å². The highest BCUT2D eigenvalue weighted by Gasteiger charge is 2.21. The summed E-state index contributed by atoms with van der Waals surface area (Å²) in [4.78, 5) is 20.9. The second kappa shape index (κ2) is 11.3. The number of benzene rings is 1. The van der Waals surface area contributed by atoms with Gasteiger partial charge in [0.1, 0.15) is 6.61 Å². The second-order valence-corrected chi connectivity index (χ2v) is 8.99. The van der Waals surface area contributed by atoms with E-state index in [9.17, 15) is 9.90 Å². The van der Waals surface area contributed by atoms with Crippen molar-refractivity contribution in [3.8, 4) is 17.1 Å². The summed E-state index contributed by atoms with van der Waals surface area (Å²) in [6, 6.07) is 7.72. The third-order valence-corrected chi connectivity index (χ3v) is 6.17. The standard InChI is InChI=1S/C26H30N8O3/c1-33-17-20(13-31-33)22-7-8-24(35)34(32-22)16-18-4-2-5-19(12-18)25-29-14-21(15-30-25)37-11-10-28-26(36)23-6-3-9-27-23/h2,4-5,7-8,12-15,17,23-24,27,35H,3,6,9-11,16H2,1H3,(H,28,36). The number of nitrogens with one attached hydrogen (secondary N) is 2. The molecule has 2 atom stereocenters. The van der Waals surface area contributed by atoms with Gasteiger partial charge in [0.2, 0.25) is 5.91 Å². The van der Waals surface area contributed by atoms with Crippen molar-refractivity contribution in [2.45, 2.75) is 31.7 Å². The van der Waals surface area contributed by atoms with Crippen LogP contribution in [0.2, 0.25) is 0 Å². The number of allylic oxidation sites excluding steroid dienone is 1. The fraction of sp³-hybridized carbons (Fsp3) is 0.346. The summed E-state index contributed by atoms with van der Waals surface area (Å²) in [5.74, 6) is 1.11. The minimum absolute atomic E-state index is 0.0136. The molecule has 1 saturated heterocycles. The molecule has 3 N–H and O–H groups in total. The maximum absolute atomic E-state index is 12.0. The van der Waals surface area contributed by atoms with E-state index in [-0.39, 0.29) is 11.9 Å². The number of aliphatic hydroxyl groups excluding tert-OH is 1. The molecule has 1 amide bonds. The van der Waals surface area contributed by atoms with Crippen LogP contribution in [-0.4, -0.2) is 73.4 Å². The molecular weight excluding hydrogens is 472 g/mol. The van der Waals surface area contributed by atoms with Crippen molar-refractivity contribution in [3.05, 3.63) is 72.3 Å². The summed E-state index contributed by atoms with van der Waals surface area (Å²) in [7, 11) is 1.85. The third-order valence-electron chi connectivity index (χ3n) is 6.17. The van der Waals surface area contributed by atoms with Gasteiger partial charge >= 0.3 is 0 Å². The quantitative estimate of drug-likeness (QED) is 0.373. The number of carbonyl (C=O) groups excluding carboxylic acids is 1. The lowest BCUT2D eigenvalue weighted by atomic mass is 10.1. The number of aliphatic hydroxyl groups is 1. The monoisotopic (exact) mass is 502 g/mol. The first-order valence-corrected chi connectivity index (χ1v) is 12.3. The highest BCUT2D eigenvalue weighted by atomic mass is 16.5. The molecule has 2 aliphatic heterocycles. The molecule has 0 spiro atoms. The van der Waals surface area contributed by atoms with Crippen LogP contribution in [0.15, 0.2) is 66.3 Å². The summed E-state index contributed by atoms with van der Waals surface area (Å²) in [6.45, 7) is 2.06. The first-order valence-electron chi connectivity index (χ1n) is 12.3. The zero-order valence-electron chi connectivity index (χ0n) is 20.6. The second-order valence-electron chi connectivity index (χ2n) is 8.99. The van der Waals surface area contributed by atoms with E-state index in [0.29, 0.717) is 31.3 Å². The topological polar surface area (TPSA) is 130 Å². The molecule has 0 aliphatic carbocycles. The van der Waals surface area contributed by atoms with E-state index in [4.69, 9.17) is 4.74 Å². The molecule has 0 bridgehead atoms. The normalized spacial score (nSPS) is 19.1. The summed E-state index contributed by atoms with van der Waals surface area (Å²) < 4.78 is 7.39. The van der Waals surface area contributed by atoms with E-state index in [1.165, 1.54) is 0 Å². The van der Waals surface area contributed by atoms with Gasteiger partial charge in [0.25, 0.3) is 0 Å². The summed E-state index contributed by atoms with van der Waals surface area (Å²) in [5.41, 5.74) is 3.42. The Hall–Kier alpha value is -4.09. The maximum Gasteiger partial charge on any atom is 0.237 e. The lowest BCUT2D eigenvalue weighted by Gasteiger charge is -2.26. The molecule has 1 aromatic carbocycles. The van der Waals surface area contributed by atoms with Gasteiger partial charge in [0, 0.05) is 24.4 Å². The largest absolute Gasteiger partial charge is 0.489 e. The van der Waals surface area contributed by atoms with Gasteiger partial charge < -0.3 is 20.5 Å². The summed E-state index contributed by atoms with van der Waals surface area (Å²) in [6.07, 6.45) is 11.5. The van der Waals surface area contributed by atoms with E-state index in [0.717, 1.165) is 41.8 Å². The maximum atomic E-state index is 12.0. The van der Waals surface area contributed by atoms with Crippen molar-refractivity contribution in [2.24, 2.45) is 12.1 Å². The van der Waals surface area contributed by atoms with Crippen molar-refractivity contribution in [1.82, 2.24) is 35.4 Å². The average Bonchev–Trinajstić information content (AvgIpc) is 3.61. The van der Waals surface area contributed by atoms with Crippen LogP contribution in [0.3, 0.4) is 0 Å². The van der Waals surface area contributed by atoms with Crippen molar-refractivity contribution >= 4 is 11.6 Å². The van der Waals surface area contributed by atoms with Gasteiger partial charge in [-0.05, 0) is 43.2 Å². The van der Waals surface area contributed by atoms with Crippen LogP contribution < -0.4 is 15.4 Å². The minimum atomic E-state index is -0.823. The minimum Gasteiger partial charge on any atom is -0.489 e. The Kier molecular flexibility index (Phi) is 7.52. The van der Waals surface area contributed by atoms with Crippen LogP contribution in [0, 0.1) is 0 Å². The molecule has 3 aromatic rings. The molecule has 192 valence electrons. The molecule has 11 nitrogen and oxygen atoms in total. The van der Waals surface area contributed by atoms with Gasteiger partial charge in [0.15, 0.2) is 17.8 Å². The Morgan fingerprint density at radius 2 is 2.11 bits per heavy atom. The van der Waals surface area contributed by atoms with E-state index >= 15 is 0 Å². The third kappa shape index (κ3) is 6.19. The number of carbonyl (C=O) groups is 1. The van der Waals surface area contributed by atoms with Crippen LogP contribution in [0.4, 0.5) is 0 Å². The number of ether oxygens (including phenoxy) is 1. The number of hydrogen-bond acceptors (Lipinski definition) is 9. The smallest absolute Gasteiger partial charge is 0.237 e. The molecule has 0 saturated carbocycles. The van der Waals surface area contributed by atoms with Crippen LogP contribution in [0.1, 0.15) is 24.0 Å². The molecule has 37 heavy (non-hydrogen) atoms. The molecule has 2 unspecified atom stereocenters. The number of nitrogens with zero attached hydrogens (tertiary/aromatic N) is 6. The first-order chi connectivity index (χ1) is 18.0. The van der Waals surface area contributed by atoms with Crippen LogP contribution in [-0.2, 0) is 18.4 Å². The Bertz CT molecular complexity index is 1280. The van der Waals surface area contributed by atoms with Gasteiger partial charge in [-0.25, -0.2) is 9.97 Å². The fourth-order valence-electron chi connectivity index (χ4n) is 4.25.